The monoisotopic (exact) mass is 278 g/mol. The molecule has 0 atom stereocenters. The van der Waals surface area contributed by atoms with Gasteiger partial charge in [0, 0.05) is 22.2 Å². The maximum atomic E-state index is 11.5. The summed E-state index contributed by atoms with van der Waals surface area (Å²) in [5.41, 5.74) is 0.520. The first kappa shape index (κ1) is 11.1. The topological polar surface area (TPSA) is 17.1 Å². The Bertz CT molecular complexity index is 307. The van der Waals surface area contributed by atoms with E-state index in [1.54, 1.807) is 18.2 Å². The fraction of sp³-hybridized carbons (Fsp3) is 0.222. The van der Waals surface area contributed by atoms with Gasteiger partial charge in [0.05, 0.1) is 5.02 Å². The summed E-state index contributed by atoms with van der Waals surface area (Å²) in [6, 6.07) is 5.23. The summed E-state index contributed by atoms with van der Waals surface area (Å²) < 4.78 is 0. The van der Waals surface area contributed by atoms with Crippen molar-refractivity contribution >= 4 is 45.9 Å². The molecule has 0 fully saturated rings. The number of benzene rings is 1. The Kier molecular flexibility index (Phi) is 4.29. The molecular formula is C9H8BrClOS. The zero-order chi connectivity index (χ0) is 9.84. The molecule has 4 heteroatoms. The number of Topliss-reactive ketones (excluding diaryl/α,β-unsaturated/α-hetero) is 1. The van der Waals surface area contributed by atoms with Gasteiger partial charge in [-0.1, -0.05) is 33.6 Å². The molecule has 0 saturated heterocycles. The summed E-state index contributed by atoms with van der Waals surface area (Å²) in [6.45, 7) is 0. The van der Waals surface area contributed by atoms with Gasteiger partial charge in [0.2, 0.25) is 0 Å². The highest BCUT2D eigenvalue weighted by Gasteiger charge is 2.12. The maximum absolute atomic E-state index is 11.5. The third kappa shape index (κ3) is 2.73. The smallest absolute Gasteiger partial charge is 0.166 e. The lowest BCUT2D eigenvalue weighted by Gasteiger charge is -2.04. The van der Waals surface area contributed by atoms with E-state index >= 15 is 0 Å². The van der Waals surface area contributed by atoms with Crippen LogP contribution in [0.3, 0.4) is 0 Å². The van der Waals surface area contributed by atoms with Gasteiger partial charge in [-0.25, -0.2) is 0 Å². The van der Waals surface area contributed by atoms with Gasteiger partial charge in [0.15, 0.2) is 5.78 Å². The molecule has 0 heterocycles. The number of hydrogen-bond donors (Lipinski definition) is 1. The predicted octanol–water partition coefficient (Wildman–Crippen LogP) is 3.60. The first-order chi connectivity index (χ1) is 6.16. The van der Waals surface area contributed by atoms with Crippen LogP contribution in [-0.2, 0) is 0 Å². The molecule has 70 valence electrons. The summed E-state index contributed by atoms with van der Waals surface area (Å²) in [5.74, 6) is 0.0208. The van der Waals surface area contributed by atoms with Crippen molar-refractivity contribution in [1.29, 1.82) is 0 Å². The lowest BCUT2D eigenvalue weighted by molar-refractivity contribution is 0.0987. The average molecular weight is 280 g/mol. The normalized spacial score (nSPS) is 10.1. The molecule has 0 aliphatic heterocycles. The van der Waals surface area contributed by atoms with E-state index in [1.165, 1.54) is 0 Å². The SMILES string of the molecule is O=C(CCBr)c1c(S)cccc1Cl. The van der Waals surface area contributed by atoms with Crippen molar-refractivity contribution in [3.63, 3.8) is 0 Å². The van der Waals surface area contributed by atoms with Gasteiger partial charge < -0.3 is 0 Å². The van der Waals surface area contributed by atoms with E-state index in [2.05, 4.69) is 28.6 Å². The Hall–Kier alpha value is 0.01000. The summed E-state index contributed by atoms with van der Waals surface area (Å²) >= 11 is 13.3. The number of halogens is 2. The van der Waals surface area contributed by atoms with E-state index < -0.39 is 0 Å². The standard InChI is InChI=1S/C9H8BrClOS/c10-5-4-7(12)9-6(11)2-1-3-8(9)13/h1-3,13H,4-5H2. The fourth-order valence-electron chi connectivity index (χ4n) is 1.000. The number of thiol groups is 1. The lowest BCUT2D eigenvalue weighted by Crippen LogP contribution is -2.01. The summed E-state index contributed by atoms with van der Waals surface area (Å²) in [7, 11) is 0. The quantitative estimate of drug-likeness (QED) is 0.508. The average Bonchev–Trinajstić information content (AvgIpc) is 2.04. The van der Waals surface area contributed by atoms with Crippen LogP contribution in [0.25, 0.3) is 0 Å². The minimum atomic E-state index is 0.0208. The largest absolute Gasteiger partial charge is 0.294 e. The fourth-order valence-corrected chi connectivity index (χ4v) is 2.04. The van der Waals surface area contributed by atoms with Gasteiger partial charge in [0.25, 0.3) is 0 Å². The number of hydrogen-bond acceptors (Lipinski definition) is 2. The molecule has 1 aromatic carbocycles. The van der Waals surface area contributed by atoms with Crippen LogP contribution in [-0.4, -0.2) is 11.1 Å². The zero-order valence-corrected chi connectivity index (χ0v) is 9.99. The molecule has 13 heavy (non-hydrogen) atoms. The van der Waals surface area contributed by atoms with Crippen molar-refractivity contribution in [2.75, 3.05) is 5.33 Å². The van der Waals surface area contributed by atoms with Crippen LogP contribution in [0.2, 0.25) is 5.02 Å². The predicted molar refractivity (Wildman–Crippen MR) is 61.4 cm³/mol. The van der Waals surface area contributed by atoms with E-state index in [9.17, 15) is 4.79 Å². The highest BCUT2D eigenvalue weighted by atomic mass is 79.9. The van der Waals surface area contributed by atoms with Gasteiger partial charge >= 0.3 is 0 Å². The van der Waals surface area contributed by atoms with Gasteiger partial charge in [0.1, 0.15) is 0 Å². The van der Waals surface area contributed by atoms with Crippen LogP contribution in [0, 0.1) is 0 Å². The van der Waals surface area contributed by atoms with Crippen LogP contribution >= 0.6 is 40.2 Å². The highest BCUT2D eigenvalue weighted by Crippen LogP contribution is 2.24. The number of rotatable bonds is 3. The molecule has 1 rings (SSSR count). The van der Waals surface area contributed by atoms with Gasteiger partial charge in [-0.3, -0.25) is 4.79 Å². The van der Waals surface area contributed by atoms with Crippen molar-refractivity contribution in [3.05, 3.63) is 28.8 Å². The Labute approximate surface area is 96.0 Å². The third-order valence-corrected chi connectivity index (χ3v) is 2.68. The summed E-state index contributed by atoms with van der Waals surface area (Å²) in [5, 5.41) is 1.11. The Morgan fingerprint density at radius 1 is 1.54 bits per heavy atom. The van der Waals surface area contributed by atoms with Crippen LogP contribution in [0.1, 0.15) is 16.8 Å². The number of carbonyl (C=O) groups is 1. The van der Waals surface area contributed by atoms with Crippen LogP contribution in [0.15, 0.2) is 23.1 Å². The first-order valence-electron chi connectivity index (χ1n) is 3.73. The van der Waals surface area contributed by atoms with E-state index in [0.29, 0.717) is 27.2 Å². The zero-order valence-electron chi connectivity index (χ0n) is 6.76. The van der Waals surface area contributed by atoms with Gasteiger partial charge in [-0.05, 0) is 12.1 Å². The Balaban J connectivity index is 3.05. The maximum Gasteiger partial charge on any atom is 0.166 e. The first-order valence-corrected chi connectivity index (χ1v) is 5.68. The third-order valence-electron chi connectivity index (χ3n) is 1.59. The van der Waals surface area contributed by atoms with Gasteiger partial charge in [-0.2, -0.15) is 0 Å². The molecule has 1 aromatic rings. The minimum absolute atomic E-state index is 0.0208. The molecule has 1 nitrogen and oxygen atoms in total. The van der Waals surface area contributed by atoms with Crippen LogP contribution in [0.5, 0.6) is 0 Å². The van der Waals surface area contributed by atoms with Crippen molar-refractivity contribution in [2.24, 2.45) is 0 Å². The molecule has 0 radical (unpaired) electrons. The van der Waals surface area contributed by atoms with Crippen molar-refractivity contribution in [1.82, 2.24) is 0 Å². The summed E-state index contributed by atoms with van der Waals surface area (Å²) in [6.07, 6.45) is 0.442. The van der Waals surface area contributed by atoms with E-state index in [-0.39, 0.29) is 5.78 Å². The molecule has 0 amide bonds. The molecule has 0 spiro atoms. The Morgan fingerprint density at radius 3 is 2.77 bits per heavy atom. The molecule has 0 N–H and O–H groups in total. The van der Waals surface area contributed by atoms with Crippen LogP contribution < -0.4 is 0 Å². The molecule has 0 aliphatic carbocycles. The number of carbonyl (C=O) groups excluding carboxylic acids is 1. The van der Waals surface area contributed by atoms with Crippen molar-refractivity contribution < 1.29 is 4.79 Å². The summed E-state index contributed by atoms with van der Waals surface area (Å²) in [4.78, 5) is 12.2. The number of alkyl halides is 1. The molecule has 0 unspecified atom stereocenters. The molecular weight excluding hydrogens is 272 g/mol. The molecule has 0 bridgehead atoms. The molecule has 0 saturated carbocycles. The van der Waals surface area contributed by atoms with Crippen LogP contribution in [0.4, 0.5) is 0 Å². The van der Waals surface area contributed by atoms with E-state index in [0.717, 1.165) is 0 Å². The lowest BCUT2D eigenvalue weighted by atomic mass is 10.1. The molecule has 0 aliphatic rings. The minimum Gasteiger partial charge on any atom is -0.294 e. The second-order valence-electron chi connectivity index (χ2n) is 2.50. The second kappa shape index (κ2) is 5.03. The Morgan fingerprint density at radius 2 is 2.23 bits per heavy atom. The molecule has 0 aromatic heterocycles. The highest BCUT2D eigenvalue weighted by molar-refractivity contribution is 9.09. The van der Waals surface area contributed by atoms with E-state index in [4.69, 9.17) is 11.6 Å². The number of ketones is 1. The second-order valence-corrected chi connectivity index (χ2v) is 4.18. The van der Waals surface area contributed by atoms with E-state index in [1.807, 2.05) is 0 Å². The van der Waals surface area contributed by atoms with Crippen molar-refractivity contribution in [3.8, 4) is 0 Å². The van der Waals surface area contributed by atoms with Crippen molar-refractivity contribution in [2.45, 2.75) is 11.3 Å². The van der Waals surface area contributed by atoms with Gasteiger partial charge in [-0.15, -0.1) is 12.6 Å².